The molecule has 220 valence electrons. The number of pyridine rings is 3. The van der Waals surface area contributed by atoms with E-state index in [-0.39, 0.29) is 6.04 Å². The third-order valence-corrected chi connectivity index (χ3v) is 11.8. The molecule has 3 nitrogen and oxygen atoms in total. The van der Waals surface area contributed by atoms with Crippen molar-refractivity contribution in [3.8, 4) is 33.6 Å². The van der Waals surface area contributed by atoms with E-state index in [9.17, 15) is 0 Å². The number of aromatic nitrogens is 3. The van der Waals surface area contributed by atoms with Crippen molar-refractivity contribution in [2.24, 2.45) is 0 Å². The largest absolute Gasteiger partial charge is 0.264 e. The van der Waals surface area contributed by atoms with Gasteiger partial charge in [-0.3, -0.25) is 4.98 Å². The molecule has 0 aliphatic carbocycles. The second-order valence-corrected chi connectivity index (χ2v) is 19.0. The molecule has 0 bridgehead atoms. The van der Waals surface area contributed by atoms with Crippen molar-refractivity contribution >= 4 is 19.0 Å². The van der Waals surface area contributed by atoms with Crippen LogP contribution in [-0.4, -0.2) is 13.1 Å². The molecule has 0 radical (unpaired) electrons. The summed E-state index contributed by atoms with van der Waals surface area (Å²) in [5.74, 6) is 0.849. The van der Waals surface area contributed by atoms with Gasteiger partial charge in [0.25, 0.3) is 0 Å². The van der Waals surface area contributed by atoms with Crippen molar-refractivity contribution in [2.75, 3.05) is 0 Å². The Morgan fingerprint density at radius 2 is 1.61 bits per heavy atom. The summed E-state index contributed by atoms with van der Waals surface area (Å²) >= 11 is 0. The van der Waals surface area contributed by atoms with Gasteiger partial charge in [0.05, 0.1) is 20.1 Å². The third-order valence-electron chi connectivity index (χ3n) is 9.78. The first-order valence-electron chi connectivity index (χ1n) is 16.1. The summed E-state index contributed by atoms with van der Waals surface area (Å²) in [6.45, 7) is 17.0. The molecule has 0 saturated heterocycles. The molecule has 3 aromatic heterocycles. The SMILES string of the molecule is C=C1CC2C(CCc3cnccc3-c3ccc(-c4ccccc4)c[n+]31)c1ccccc1-c1cc(C(C)C)c([Si](C)(C)C)c[n+]12. The topological polar surface area (TPSA) is 20.6 Å². The van der Waals surface area contributed by atoms with Gasteiger partial charge in [0.1, 0.15) is 0 Å². The van der Waals surface area contributed by atoms with Crippen molar-refractivity contribution in [1.82, 2.24) is 4.98 Å². The number of fused-ring (bicyclic) bond motifs is 9. The molecule has 0 amide bonds. The highest BCUT2D eigenvalue weighted by molar-refractivity contribution is 6.89. The van der Waals surface area contributed by atoms with Crippen molar-refractivity contribution in [2.45, 2.75) is 70.6 Å². The maximum absolute atomic E-state index is 4.82. The van der Waals surface area contributed by atoms with Crippen molar-refractivity contribution in [1.29, 1.82) is 0 Å². The average molecular weight is 594 g/mol. The number of benzene rings is 2. The number of allylic oxidation sites excluding steroid dienone is 1. The molecular formula is C40H43N3Si+2. The molecule has 2 aliphatic heterocycles. The van der Waals surface area contributed by atoms with Crippen LogP contribution in [0, 0.1) is 0 Å². The normalized spacial score (nSPS) is 17.6. The van der Waals surface area contributed by atoms with E-state index in [0.29, 0.717) is 11.8 Å². The number of hydrogen-bond acceptors (Lipinski definition) is 1. The number of aryl methyl sites for hydroxylation is 1. The highest BCUT2D eigenvalue weighted by Gasteiger charge is 2.44. The van der Waals surface area contributed by atoms with Crippen LogP contribution in [0.1, 0.15) is 61.3 Å². The molecule has 2 atom stereocenters. The zero-order valence-electron chi connectivity index (χ0n) is 26.7. The lowest BCUT2D eigenvalue weighted by Crippen LogP contribution is -2.54. The van der Waals surface area contributed by atoms with Gasteiger partial charge in [-0.2, -0.15) is 9.13 Å². The molecule has 44 heavy (non-hydrogen) atoms. The van der Waals surface area contributed by atoms with Crippen molar-refractivity contribution < 1.29 is 9.13 Å². The first-order valence-corrected chi connectivity index (χ1v) is 19.6. The van der Waals surface area contributed by atoms with Crippen LogP contribution in [0.4, 0.5) is 0 Å². The van der Waals surface area contributed by atoms with Crippen molar-refractivity contribution in [3.63, 3.8) is 0 Å². The van der Waals surface area contributed by atoms with E-state index in [2.05, 4.69) is 145 Å². The lowest BCUT2D eigenvalue weighted by atomic mass is 9.77. The predicted molar refractivity (Wildman–Crippen MR) is 184 cm³/mol. The summed E-state index contributed by atoms with van der Waals surface area (Å²) in [7, 11) is -1.61. The lowest BCUT2D eigenvalue weighted by molar-refractivity contribution is -0.719. The number of nitrogens with zero attached hydrogens (tertiary/aromatic N) is 3. The van der Waals surface area contributed by atoms with Gasteiger partial charge < -0.3 is 0 Å². The standard InChI is InChI=1S/C40H43N3Si/c1-27(2)36-23-39-34-15-11-10-14-33(34)35-18-16-30-24-41-21-20-32(30)37-19-17-31(29-12-8-7-9-13-29)25-42(37)28(3)22-38(35)43(39)26-40(36)44(4,5)6/h7-15,17,19-21,23-27,35,38H,3,16,18,22H2,1-2,4-6H3/q+2. The molecule has 7 rings (SSSR count). The Morgan fingerprint density at radius 3 is 2.39 bits per heavy atom. The van der Waals surface area contributed by atoms with Crippen LogP contribution < -0.4 is 14.3 Å². The van der Waals surface area contributed by atoms with E-state index < -0.39 is 8.07 Å². The molecular weight excluding hydrogens is 551 g/mol. The minimum atomic E-state index is -1.61. The van der Waals surface area contributed by atoms with Crippen molar-refractivity contribution in [3.05, 3.63) is 127 Å². The molecule has 0 N–H and O–H groups in total. The van der Waals surface area contributed by atoms with E-state index >= 15 is 0 Å². The van der Waals surface area contributed by atoms with Gasteiger partial charge >= 0.3 is 0 Å². The second kappa shape index (κ2) is 11.1. The highest BCUT2D eigenvalue weighted by Crippen LogP contribution is 2.44. The number of hydrogen-bond donors (Lipinski definition) is 0. The first-order chi connectivity index (χ1) is 21.2. The Hall–Kier alpha value is -4.15. The summed E-state index contributed by atoms with van der Waals surface area (Å²) < 4.78 is 5.02. The Kier molecular flexibility index (Phi) is 7.21. The second-order valence-electron chi connectivity index (χ2n) is 14.0. The third kappa shape index (κ3) is 4.95. The van der Waals surface area contributed by atoms with E-state index in [1.165, 1.54) is 50.3 Å². The van der Waals surface area contributed by atoms with E-state index in [0.717, 1.165) is 25.0 Å². The van der Waals surface area contributed by atoms with Crippen LogP contribution in [0.2, 0.25) is 19.6 Å². The summed E-state index contributed by atoms with van der Waals surface area (Å²) in [5, 5.41) is 1.58. The minimum absolute atomic E-state index is 0.266. The molecule has 4 heteroatoms. The van der Waals surface area contributed by atoms with Gasteiger partial charge in [-0.25, -0.2) is 0 Å². The van der Waals surface area contributed by atoms with E-state index in [1.54, 1.807) is 5.19 Å². The van der Waals surface area contributed by atoms with E-state index in [4.69, 9.17) is 6.58 Å². The minimum Gasteiger partial charge on any atom is -0.264 e. The summed E-state index contributed by atoms with van der Waals surface area (Å²) in [6, 6.07) is 29.3. The number of rotatable bonds is 3. The van der Waals surface area contributed by atoms with E-state index in [1.807, 2.05) is 6.20 Å². The smallest absolute Gasteiger partial charge is 0.218 e. The van der Waals surface area contributed by atoms with Crippen LogP contribution in [-0.2, 0) is 6.42 Å². The van der Waals surface area contributed by atoms with Gasteiger partial charge in [-0.15, -0.1) is 0 Å². The van der Waals surface area contributed by atoms with Crippen LogP contribution in [0.3, 0.4) is 0 Å². The lowest BCUT2D eigenvalue weighted by Gasteiger charge is -2.33. The van der Waals surface area contributed by atoms with Crippen LogP contribution in [0.15, 0.2) is 110 Å². The molecule has 2 aromatic carbocycles. The first kappa shape index (κ1) is 28.6. The summed E-state index contributed by atoms with van der Waals surface area (Å²) in [6.07, 6.45) is 11.8. The van der Waals surface area contributed by atoms with Crippen LogP contribution in [0.5, 0.6) is 0 Å². The van der Waals surface area contributed by atoms with Gasteiger partial charge in [0.2, 0.25) is 11.4 Å². The Morgan fingerprint density at radius 1 is 0.841 bits per heavy atom. The molecule has 0 spiro atoms. The molecule has 0 saturated carbocycles. The fourth-order valence-corrected chi connectivity index (χ4v) is 9.29. The van der Waals surface area contributed by atoms with Crippen LogP contribution >= 0.6 is 0 Å². The Labute approximate surface area is 263 Å². The Balaban J connectivity index is 1.45. The zero-order chi connectivity index (χ0) is 30.6. The fourth-order valence-electron chi connectivity index (χ4n) is 7.53. The molecule has 2 unspecified atom stereocenters. The fraction of sp³-hybridized carbons (Fsp3) is 0.275. The molecule has 2 aliphatic rings. The molecule has 5 heterocycles. The summed E-state index contributed by atoms with van der Waals surface area (Å²) in [4.78, 5) is 4.60. The Bertz CT molecular complexity index is 1880. The van der Waals surface area contributed by atoms with Gasteiger partial charge in [0, 0.05) is 46.8 Å². The molecule has 5 aromatic rings. The van der Waals surface area contributed by atoms with Gasteiger partial charge in [-0.05, 0) is 65.8 Å². The highest BCUT2D eigenvalue weighted by atomic mass is 28.3. The molecule has 0 fully saturated rings. The summed E-state index contributed by atoms with van der Waals surface area (Å²) in [5.41, 5.74) is 13.0. The van der Waals surface area contributed by atoms with Crippen LogP contribution in [0.25, 0.3) is 39.3 Å². The predicted octanol–water partition coefficient (Wildman–Crippen LogP) is 8.47. The van der Waals surface area contributed by atoms with Gasteiger partial charge in [0.15, 0.2) is 24.1 Å². The average Bonchev–Trinajstić information content (AvgIpc) is 3.03. The monoisotopic (exact) mass is 593 g/mol. The zero-order valence-corrected chi connectivity index (χ0v) is 27.7. The van der Waals surface area contributed by atoms with Gasteiger partial charge in [-0.1, -0.05) is 82.0 Å². The maximum atomic E-state index is 4.82. The quantitative estimate of drug-likeness (QED) is 0.152. The maximum Gasteiger partial charge on any atom is 0.218 e.